The quantitative estimate of drug-likeness (QED) is 0.0560. The average Bonchev–Trinajstić information content (AvgIpc) is 3.34. The molecule has 0 aromatic heterocycles. The lowest BCUT2D eigenvalue weighted by Crippen LogP contribution is -2.39. The lowest BCUT2D eigenvalue weighted by molar-refractivity contribution is -0.157. The van der Waals surface area contributed by atoms with Crippen LogP contribution in [0.3, 0.4) is 0 Å². The van der Waals surface area contributed by atoms with Crippen LogP contribution in [-0.2, 0) is 38.2 Å². The third kappa shape index (κ3) is 21.3. The van der Waals surface area contributed by atoms with E-state index in [-0.39, 0.29) is 59.9 Å². The highest BCUT2D eigenvalue weighted by molar-refractivity contribution is 6.02. The zero-order chi connectivity index (χ0) is 56.8. The Morgan fingerprint density at radius 3 is 1.43 bits per heavy atom. The van der Waals surface area contributed by atoms with Crippen LogP contribution < -0.4 is 4.74 Å². The Labute approximate surface area is 450 Å². The fourth-order valence-electron chi connectivity index (χ4n) is 8.28. The van der Waals surface area contributed by atoms with Crippen LogP contribution in [0, 0.1) is 10.8 Å². The molecular weight excluding hydrogens is 957 g/mol. The van der Waals surface area contributed by atoms with E-state index >= 15 is 0 Å². The van der Waals surface area contributed by atoms with Gasteiger partial charge < -0.3 is 29.2 Å². The van der Waals surface area contributed by atoms with Crippen molar-refractivity contribution in [1.29, 1.82) is 0 Å². The van der Waals surface area contributed by atoms with Gasteiger partial charge in [0.15, 0.2) is 23.8 Å². The molecule has 0 bridgehead atoms. The van der Waals surface area contributed by atoms with Crippen LogP contribution in [0.15, 0.2) is 172 Å². The predicted molar refractivity (Wildman–Crippen MR) is 304 cm³/mol. The Morgan fingerprint density at radius 1 is 0.553 bits per heavy atom. The summed E-state index contributed by atoms with van der Waals surface area (Å²) in [5.74, 6) is -1.95. The zero-order valence-corrected chi connectivity index (χ0v) is 46.7. The Kier molecular flexibility index (Phi) is 24.8. The van der Waals surface area contributed by atoms with Gasteiger partial charge in [0.25, 0.3) is 0 Å². The van der Waals surface area contributed by atoms with E-state index in [9.17, 15) is 39.0 Å². The first kappa shape index (κ1) is 62.6. The SMILES string of the molecule is C/C=C(C)/C=C/C=C(C)/C=C/C1=C(C)C(=O)C(OC(=O)CCC(=O)Oc2ccc(/C=C/c3cc(O)cc(O)c3)cc2)CC1(C)C.C/C=C/C=C(C)/C=C/C=C(C)/C=C/C1=C(C)C(=O)C(OC(=O)CCC(C)=O)CC1(C)C. The van der Waals surface area contributed by atoms with Crippen molar-refractivity contribution in [3.8, 4) is 17.2 Å². The first-order valence-electron chi connectivity index (χ1n) is 25.6. The zero-order valence-electron chi connectivity index (χ0n) is 46.7. The van der Waals surface area contributed by atoms with Crippen LogP contribution in [0.1, 0.15) is 140 Å². The van der Waals surface area contributed by atoms with Gasteiger partial charge in [-0.3, -0.25) is 24.0 Å². The predicted octanol–water partition coefficient (Wildman–Crippen LogP) is 14.4. The number of esters is 3. The summed E-state index contributed by atoms with van der Waals surface area (Å²) < 4.78 is 16.3. The molecule has 0 radical (unpaired) electrons. The Morgan fingerprint density at radius 2 is 0.974 bits per heavy atom. The number of aromatic hydroxyl groups is 2. The van der Waals surface area contributed by atoms with Crippen molar-refractivity contribution < 1.29 is 53.2 Å². The first-order valence-corrected chi connectivity index (χ1v) is 25.6. The van der Waals surface area contributed by atoms with Crippen LogP contribution in [-0.4, -0.2) is 57.7 Å². The molecule has 11 heteroatoms. The maximum absolute atomic E-state index is 13.1. The molecule has 404 valence electrons. The number of rotatable bonds is 20. The number of ether oxygens (including phenoxy) is 3. The second kappa shape index (κ2) is 30.0. The number of Topliss-reactive ketones (excluding diaryl/α,β-unsaturated/α-hetero) is 3. The van der Waals surface area contributed by atoms with Crippen molar-refractivity contribution >= 4 is 47.4 Å². The summed E-state index contributed by atoms with van der Waals surface area (Å²) in [6.45, 7) is 25.2. The fourth-order valence-corrected chi connectivity index (χ4v) is 8.28. The second-order valence-electron chi connectivity index (χ2n) is 20.5. The van der Waals surface area contributed by atoms with Gasteiger partial charge in [-0.2, -0.15) is 0 Å². The van der Waals surface area contributed by atoms with Crippen molar-refractivity contribution in [1.82, 2.24) is 0 Å². The lowest BCUT2D eigenvalue weighted by atomic mass is 9.71. The van der Waals surface area contributed by atoms with Crippen LogP contribution in [0.25, 0.3) is 12.2 Å². The van der Waals surface area contributed by atoms with E-state index in [2.05, 4.69) is 0 Å². The molecule has 0 spiro atoms. The molecule has 0 fully saturated rings. The smallest absolute Gasteiger partial charge is 0.311 e. The molecule has 2 aliphatic carbocycles. The molecule has 0 amide bonds. The number of allylic oxidation sites excluding steroid dienone is 20. The van der Waals surface area contributed by atoms with Crippen LogP contribution in [0.2, 0.25) is 0 Å². The number of ketones is 3. The van der Waals surface area contributed by atoms with Crippen LogP contribution in [0.4, 0.5) is 0 Å². The molecule has 0 saturated carbocycles. The maximum Gasteiger partial charge on any atom is 0.311 e. The van der Waals surface area contributed by atoms with Gasteiger partial charge in [-0.1, -0.05) is 159 Å². The van der Waals surface area contributed by atoms with Gasteiger partial charge in [-0.05, 0) is 131 Å². The molecule has 2 aliphatic rings. The number of hydrogen-bond donors (Lipinski definition) is 2. The highest BCUT2D eigenvalue weighted by Crippen LogP contribution is 2.42. The van der Waals surface area contributed by atoms with Gasteiger partial charge in [0.05, 0.1) is 19.3 Å². The average molecular weight is 1040 g/mol. The van der Waals surface area contributed by atoms with E-state index in [0.717, 1.165) is 33.4 Å². The molecule has 2 aromatic carbocycles. The summed E-state index contributed by atoms with van der Waals surface area (Å²) >= 11 is 0. The van der Waals surface area contributed by atoms with Crippen molar-refractivity contribution in [2.75, 3.05) is 0 Å². The molecule has 0 saturated heterocycles. The van der Waals surface area contributed by atoms with E-state index in [1.54, 1.807) is 50.3 Å². The first-order chi connectivity index (χ1) is 35.7. The fraction of sp³-hybridized carbons (Fsp3) is 0.354. The monoisotopic (exact) mass is 1030 g/mol. The summed E-state index contributed by atoms with van der Waals surface area (Å²) in [6.07, 6.45) is 30.4. The lowest BCUT2D eigenvalue weighted by Gasteiger charge is -2.36. The minimum absolute atomic E-state index is 0.00989. The summed E-state index contributed by atoms with van der Waals surface area (Å²) in [6, 6.07) is 11.0. The largest absolute Gasteiger partial charge is 0.508 e. The van der Waals surface area contributed by atoms with Gasteiger partial charge in [0, 0.05) is 25.3 Å². The number of hydrogen-bond acceptors (Lipinski definition) is 11. The van der Waals surface area contributed by atoms with E-state index in [0.29, 0.717) is 35.3 Å². The Balaban J connectivity index is 0.000000430. The highest BCUT2D eigenvalue weighted by atomic mass is 16.6. The van der Waals surface area contributed by atoms with E-state index in [4.69, 9.17) is 14.2 Å². The Bertz CT molecular complexity index is 2820. The highest BCUT2D eigenvalue weighted by Gasteiger charge is 2.41. The third-order valence-corrected chi connectivity index (χ3v) is 12.7. The number of phenolic OH excluding ortho intramolecular Hbond substituents is 2. The number of benzene rings is 2. The maximum atomic E-state index is 13.1. The number of phenols is 2. The molecular formula is C65H78O11. The van der Waals surface area contributed by atoms with Crippen molar-refractivity contribution in [3.63, 3.8) is 0 Å². The summed E-state index contributed by atoms with van der Waals surface area (Å²) in [5.41, 5.74) is 8.19. The summed E-state index contributed by atoms with van der Waals surface area (Å²) in [5, 5.41) is 19.2. The van der Waals surface area contributed by atoms with Gasteiger partial charge in [0.2, 0.25) is 0 Å². The minimum Gasteiger partial charge on any atom is -0.508 e. The molecule has 4 rings (SSSR count). The molecule has 2 atom stereocenters. The van der Waals surface area contributed by atoms with Gasteiger partial charge >= 0.3 is 17.9 Å². The molecule has 76 heavy (non-hydrogen) atoms. The molecule has 0 heterocycles. The molecule has 2 aromatic rings. The molecule has 2 N–H and O–H groups in total. The standard InChI is InChI=1S/C38H42O7.C27H36O4/c1-7-25(2)9-8-10-26(3)11-18-33-27(4)37(43)34(24-38(33,5)6)45-36(42)20-19-35(41)44-32-16-14-28(15-17-32)12-13-29-21-30(39)23-31(40)22-29;1-8-9-11-19(2)12-10-13-20(3)14-16-23-22(5)26(30)24(18-27(23,6)7)31-25(29)17-15-21(4)28/h7-18,21-23,34,39-40H,19-20,24H2,1-6H3;8-14,16,24H,15,17-18H2,1-7H3/b9-8+,13-12+,18-11+,25-7+,26-10+;9-8+,12-10+,16-14+,19-11+,20-13+. The van der Waals surface area contributed by atoms with E-state index < -0.39 is 35.5 Å². The second-order valence-corrected chi connectivity index (χ2v) is 20.5. The summed E-state index contributed by atoms with van der Waals surface area (Å²) in [4.78, 5) is 74.0. The van der Waals surface area contributed by atoms with E-state index in [1.807, 2.05) is 154 Å². The van der Waals surface area contributed by atoms with Crippen molar-refractivity contribution in [2.45, 2.75) is 141 Å². The molecule has 2 unspecified atom stereocenters. The van der Waals surface area contributed by atoms with Crippen LogP contribution in [0.5, 0.6) is 17.2 Å². The van der Waals surface area contributed by atoms with Crippen molar-refractivity contribution in [2.24, 2.45) is 10.8 Å². The Hall–Kier alpha value is -7.66. The summed E-state index contributed by atoms with van der Waals surface area (Å²) in [7, 11) is 0. The number of carbonyl (C=O) groups is 6. The topological polar surface area (TPSA) is 171 Å². The third-order valence-electron chi connectivity index (χ3n) is 12.7. The van der Waals surface area contributed by atoms with Gasteiger partial charge in [-0.15, -0.1) is 0 Å². The van der Waals surface area contributed by atoms with E-state index in [1.165, 1.54) is 30.7 Å². The minimum atomic E-state index is -0.909. The van der Waals surface area contributed by atoms with Crippen LogP contribution >= 0.6 is 0 Å². The van der Waals surface area contributed by atoms with Gasteiger partial charge in [-0.25, -0.2) is 0 Å². The van der Waals surface area contributed by atoms with Crippen molar-refractivity contribution in [3.05, 3.63) is 183 Å². The molecule has 0 aliphatic heterocycles. The molecule has 11 nitrogen and oxygen atoms in total. The number of carbonyl (C=O) groups excluding carboxylic acids is 6. The van der Waals surface area contributed by atoms with Gasteiger partial charge in [0.1, 0.15) is 23.0 Å². The normalized spacial score (nSPS) is 18.6.